The van der Waals surface area contributed by atoms with E-state index in [1.165, 1.54) is 17.7 Å². The normalized spacial score (nSPS) is 29.1. The largest absolute Gasteiger partial charge is 0.465 e. The molecule has 2 aromatic carbocycles. The summed E-state index contributed by atoms with van der Waals surface area (Å²) in [7, 11) is 0. The Morgan fingerprint density at radius 3 is 2.34 bits per heavy atom. The van der Waals surface area contributed by atoms with Crippen molar-refractivity contribution in [2.24, 2.45) is 0 Å². The SMILES string of the molecule is O=C(O)NC12CC(NC(=O)N3CCc4ccccc4C3c3ccc(F)cc3)(C1)C2. The average Bonchev–Trinajstić information content (AvgIpc) is 2.65. The Morgan fingerprint density at radius 2 is 1.66 bits per heavy atom. The number of nitrogens with one attached hydrogen (secondary N) is 2. The van der Waals surface area contributed by atoms with Gasteiger partial charge in [-0.15, -0.1) is 0 Å². The lowest BCUT2D eigenvalue weighted by atomic mass is 9.44. The van der Waals surface area contributed by atoms with Gasteiger partial charge in [0.25, 0.3) is 0 Å². The van der Waals surface area contributed by atoms with Gasteiger partial charge in [0.2, 0.25) is 0 Å². The molecule has 0 aromatic heterocycles. The molecule has 3 amide bonds. The van der Waals surface area contributed by atoms with Crippen molar-refractivity contribution < 1.29 is 19.1 Å². The maximum Gasteiger partial charge on any atom is 0.405 e. The predicted octanol–water partition coefficient (Wildman–Crippen LogP) is 3.43. The minimum atomic E-state index is -1.02. The Labute approximate surface area is 167 Å². The van der Waals surface area contributed by atoms with E-state index in [1.54, 1.807) is 12.1 Å². The van der Waals surface area contributed by atoms with Crippen molar-refractivity contribution in [3.63, 3.8) is 0 Å². The van der Waals surface area contributed by atoms with Gasteiger partial charge in [-0.2, -0.15) is 0 Å². The highest BCUT2D eigenvalue weighted by Crippen LogP contribution is 2.60. The topological polar surface area (TPSA) is 81.7 Å². The smallest absolute Gasteiger partial charge is 0.405 e. The summed E-state index contributed by atoms with van der Waals surface area (Å²) in [4.78, 5) is 25.9. The monoisotopic (exact) mass is 395 g/mol. The first-order chi connectivity index (χ1) is 13.9. The van der Waals surface area contributed by atoms with E-state index < -0.39 is 6.09 Å². The third-order valence-corrected chi connectivity index (χ3v) is 6.50. The standard InChI is InChI=1S/C22H22FN3O3/c23-16-7-5-15(6-8-16)18-17-4-2-1-3-14(17)9-10-26(18)19(27)24-21-11-22(12-21,13-21)25-20(28)29/h1-8,18,25H,9-13H2,(H,24,27)(H,28,29). The lowest BCUT2D eigenvalue weighted by molar-refractivity contribution is -0.0924. The zero-order valence-corrected chi connectivity index (χ0v) is 15.8. The Balaban J connectivity index is 1.38. The van der Waals surface area contributed by atoms with Crippen molar-refractivity contribution in [1.82, 2.24) is 15.5 Å². The number of urea groups is 1. The van der Waals surface area contributed by atoms with Gasteiger partial charge in [0.1, 0.15) is 5.82 Å². The molecule has 1 unspecified atom stereocenters. The molecule has 3 fully saturated rings. The van der Waals surface area contributed by atoms with Crippen molar-refractivity contribution in [3.8, 4) is 0 Å². The highest BCUT2D eigenvalue weighted by molar-refractivity contribution is 5.78. The number of rotatable bonds is 3. The molecule has 1 aliphatic heterocycles. The van der Waals surface area contributed by atoms with Gasteiger partial charge >= 0.3 is 12.1 Å². The number of fused-ring (bicyclic) bond motifs is 1. The van der Waals surface area contributed by atoms with Crippen molar-refractivity contribution in [2.45, 2.75) is 42.8 Å². The van der Waals surface area contributed by atoms with Crippen LogP contribution in [-0.4, -0.2) is 39.8 Å². The molecule has 0 saturated heterocycles. The summed E-state index contributed by atoms with van der Waals surface area (Å²) in [6, 6.07) is 13.9. The second-order valence-corrected chi connectivity index (χ2v) is 8.55. The van der Waals surface area contributed by atoms with E-state index in [2.05, 4.69) is 16.7 Å². The van der Waals surface area contributed by atoms with Crippen LogP contribution < -0.4 is 10.6 Å². The number of benzene rings is 2. The van der Waals surface area contributed by atoms with Crippen LogP contribution in [-0.2, 0) is 6.42 Å². The van der Waals surface area contributed by atoms with Gasteiger partial charge in [0, 0.05) is 12.1 Å². The van der Waals surface area contributed by atoms with Gasteiger partial charge in [-0.05, 0) is 54.5 Å². The molecule has 4 aliphatic rings. The molecule has 6 rings (SSSR count). The molecule has 1 atom stereocenters. The van der Waals surface area contributed by atoms with Gasteiger partial charge in [-0.1, -0.05) is 36.4 Å². The van der Waals surface area contributed by atoms with Crippen LogP contribution in [0.5, 0.6) is 0 Å². The van der Waals surface area contributed by atoms with Gasteiger partial charge in [-0.3, -0.25) is 0 Å². The molecule has 7 heteroatoms. The van der Waals surface area contributed by atoms with E-state index in [0.717, 1.165) is 17.5 Å². The fourth-order valence-electron chi connectivity index (χ4n) is 5.37. The van der Waals surface area contributed by atoms with Crippen LogP contribution in [0.2, 0.25) is 0 Å². The Bertz CT molecular complexity index is 971. The first kappa shape index (κ1) is 18.0. The van der Waals surface area contributed by atoms with Gasteiger partial charge in [-0.25, -0.2) is 14.0 Å². The maximum atomic E-state index is 13.5. The number of halogens is 1. The van der Waals surface area contributed by atoms with E-state index in [-0.39, 0.29) is 29.0 Å². The molecule has 3 N–H and O–H groups in total. The molecule has 150 valence electrons. The summed E-state index contributed by atoms with van der Waals surface area (Å²) in [5.74, 6) is -0.307. The maximum absolute atomic E-state index is 13.5. The highest BCUT2D eigenvalue weighted by Gasteiger charge is 2.69. The molecule has 0 spiro atoms. The molecule has 0 radical (unpaired) electrons. The lowest BCUT2D eigenvalue weighted by Gasteiger charge is -2.70. The van der Waals surface area contributed by atoms with Crippen LogP contribution >= 0.6 is 0 Å². The molecule has 3 saturated carbocycles. The summed E-state index contributed by atoms with van der Waals surface area (Å²) < 4.78 is 13.5. The van der Waals surface area contributed by atoms with Crippen molar-refractivity contribution >= 4 is 12.1 Å². The minimum absolute atomic E-state index is 0.155. The summed E-state index contributed by atoms with van der Waals surface area (Å²) in [6.07, 6.45) is 1.63. The van der Waals surface area contributed by atoms with Crippen LogP contribution in [0.1, 0.15) is 42.0 Å². The summed E-state index contributed by atoms with van der Waals surface area (Å²) in [5.41, 5.74) is 2.44. The van der Waals surface area contributed by atoms with E-state index >= 15 is 0 Å². The fraction of sp³-hybridized carbons (Fsp3) is 0.364. The third-order valence-electron chi connectivity index (χ3n) is 6.50. The molecule has 2 bridgehead atoms. The predicted molar refractivity (Wildman–Crippen MR) is 104 cm³/mol. The fourth-order valence-corrected chi connectivity index (χ4v) is 5.37. The summed E-state index contributed by atoms with van der Waals surface area (Å²) in [6.45, 7) is 0.569. The Hall–Kier alpha value is -3.09. The van der Waals surface area contributed by atoms with E-state index in [4.69, 9.17) is 5.11 Å². The number of hydrogen-bond acceptors (Lipinski definition) is 2. The zero-order valence-electron chi connectivity index (χ0n) is 15.8. The van der Waals surface area contributed by atoms with E-state index in [0.29, 0.717) is 25.8 Å². The molecular weight excluding hydrogens is 373 g/mol. The molecule has 3 aliphatic carbocycles. The van der Waals surface area contributed by atoms with Gasteiger partial charge in [0.15, 0.2) is 0 Å². The molecular formula is C22H22FN3O3. The Kier molecular flexibility index (Phi) is 3.84. The number of amides is 3. The molecule has 1 heterocycles. The van der Waals surface area contributed by atoms with Gasteiger partial charge < -0.3 is 20.6 Å². The van der Waals surface area contributed by atoms with Crippen molar-refractivity contribution in [3.05, 3.63) is 71.0 Å². The van der Waals surface area contributed by atoms with Crippen LogP contribution in [0.3, 0.4) is 0 Å². The molecule has 29 heavy (non-hydrogen) atoms. The number of hydrogen-bond donors (Lipinski definition) is 3. The van der Waals surface area contributed by atoms with Crippen molar-refractivity contribution in [1.29, 1.82) is 0 Å². The number of nitrogens with zero attached hydrogens (tertiary/aromatic N) is 1. The van der Waals surface area contributed by atoms with E-state index in [9.17, 15) is 14.0 Å². The second-order valence-electron chi connectivity index (χ2n) is 8.55. The summed E-state index contributed by atoms with van der Waals surface area (Å²) in [5, 5.41) is 14.7. The van der Waals surface area contributed by atoms with Crippen LogP contribution in [0, 0.1) is 5.82 Å². The van der Waals surface area contributed by atoms with Crippen molar-refractivity contribution in [2.75, 3.05) is 6.54 Å². The Morgan fingerprint density at radius 1 is 1.00 bits per heavy atom. The zero-order chi connectivity index (χ0) is 20.2. The second kappa shape index (κ2) is 6.20. The number of carboxylic acid groups (broad SMARTS) is 1. The molecule has 2 aromatic rings. The first-order valence-corrected chi connectivity index (χ1v) is 9.82. The van der Waals surface area contributed by atoms with Crippen LogP contribution in [0.4, 0.5) is 14.0 Å². The highest BCUT2D eigenvalue weighted by atomic mass is 19.1. The number of carbonyl (C=O) groups is 2. The number of carbonyl (C=O) groups excluding carboxylic acids is 1. The molecule has 6 nitrogen and oxygen atoms in total. The summed E-state index contributed by atoms with van der Waals surface area (Å²) >= 11 is 0. The van der Waals surface area contributed by atoms with Crippen LogP contribution in [0.25, 0.3) is 0 Å². The quantitative estimate of drug-likeness (QED) is 0.745. The average molecular weight is 395 g/mol. The van der Waals surface area contributed by atoms with Crippen LogP contribution in [0.15, 0.2) is 48.5 Å². The first-order valence-electron chi connectivity index (χ1n) is 9.82. The third kappa shape index (κ3) is 2.92. The van der Waals surface area contributed by atoms with E-state index in [1.807, 2.05) is 23.1 Å². The van der Waals surface area contributed by atoms with Gasteiger partial charge in [0.05, 0.1) is 11.6 Å². The lowest BCUT2D eigenvalue weighted by Crippen LogP contribution is -2.84. The minimum Gasteiger partial charge on any atom is -0.465 e.